The molecule has 0 fully saturated rings. The maximum atomic E-state index is 12.8. The highest BCUT2D eigenvalue weighted by Gasteiger charge is 2.16. The molecule has 7 nitrogen and oxygen atoms in total. The number of fused-ring (bicyclic) bond motifs is 2. The number of thiazole rings is 1. The fourth-order valence-corrected chi connectivity index (χ4v) is 4.50. The summed E-state index contributed by atoms with van der Waals surface area (Å²) < 4.78 is 11.1. The predicted octanol–water partition coefficient (Wildman–Crippen LogP) is 4.36. The van der Waals surface area contributed by atoms with Crippen LogP contribution in [0.5, 0.6) is 0 Å². The Balaban J connectivity index is 1.50. The SMILES string of the molecule is Cc1ccc2nc(-n3nc(C)cc3NC(=O)c3ccc4nsnc4c3)sc2c1. The van der Waals surface area contributed by atoms with Gasteiger partial charge in [-0.2, -0.15) is 18.5 Å². The molecule has 28 heavy (non-hydrogen) atoms. The Morgan fingerprint density at radius 2 is 1.82 bits per heavy atom. The summed E-state index contributed by atoms with van der Waals surface area (Å²) in [6.45, 7) is 3.94. The maximum absolute atomic E-state index is 12.8. The molecule has 3 heterocycles. The van der Waals surface area contributed by atoms with Gasteiger partial charge in [0.2, 0.25) is 5.13 Å². The van der Waals surface area contributed by atoms with Crippen LogP contribution in [-0.4, -0.2) is 29.4 Å². The number of rotatable bonds is 3. The molecule has 0 aliphatic heterocycles. The van der Waals surface area contributed by atoms with Gasteiger partial charge in [0.25, 0.3) is 5.91 Å². The number of carbonyl (C=O) groups is 1. The van der Waals surface area contributed by atoms with Crippen molar-refractivity contribution in [1.82, 2.24) is 23.5 Å². The van der Waals surface area contributed by atoms with Gasteiger partial charge in [0, 0.05) is 11.6 Å². The van der Waals surface area contributed by atoms with Gasteiger partial charge in [-0.3, -0.25) is 4.79 Å². The number of nitrogens with one attached hydrogen (secondary N) is 1. The molecule has 0 unspecified atom stereocenters. The highest BCUT2D eigenvalue weighted by Crippen LogP contribution is 2.28. The van der Waals surface area contributed by atoms with E-state index < -0.39 is 0 Å². The van der Waals surface area contributed by atoms with E-state index in [2.05, 4.69) is 37.1 Å². The van der Waals surface area contributed by atoms with Crippen LogP contribution in [0, 0.1) is 13.8 Å². The van der Waals surface area contributed by atoms with E-state index >= 15 is 0 Å². The van der Waals surface area contributed by atoms with Crippen LogP contribution in [0.2, 0.25) is 0 Å². The Morgan fingerprint density at radius 3 is 2.71 bits per heavy atom. The Labute approximate surface area is 168 Å². The topological polar surface area (TPSA) is 85.6 Å². The number of amides is 1. The van der Waals surface area contributed by atoms with Crippen molar-refractivity contribution in [2.45, 2.75) is 13.8 Å². The number of aromatic nitrogens is 5. The lowest BCUT2D eigenvalue weighted by molar-refractivity contribution is 0.102. The van der Waals surface area contributed by atoms with Crippen LogP contribution in [0.4, 0.5) is 5.82 Å². The molecular weight excluding hydrogens is 392 g/mol. The van der Waals surface area contributed by atoms with Crippen molar-refractivity contribution in [2.75, 3.05) is 5.32 Å². The third-order valence-electron chi connectivity index (χ3n) is 4.30. The fourth-order valence-electron chi connectivity index (χ4n) is 2.96. The summed E-state index contributed by atoms with van der Waals surface area (Å²) in [7, 11) is 0. The smallest absolute Gasteiger partial charge is 0.256 e. The second-order valence-electron chi connectivity index (χ2n) is 6.47. The minimum absolute atomic E-state index is 0.229. The largest absolute Gasteiger partial charge is 0.306 e. The molecule has 0 saturated carbocycles. The first-order valence-corrected chi connectivity index (χ1v) is 10.1. The van der Waals surface area contributed by atoms with Crippen molar-refractivity contribution in [3.63, 3.8) is 0 Å². The third kappa shape index (κ3) is 2.94. The van der Waals surface area contributed by atoms with E-state index in [-0.39, 0.29) is 5.91 Å². The van der Waals surface area contributed by atoms with E-state index in [0.29, 0.717) is 22.0 Å². The van der Waals surface area contributed by atoms with Gasteiger partial charge in [-0.05, 0) is 49.7 Å². The number of anilines is 1. The normalized spacial score (nSPS) is 11.4. The summed E-state index contributed by atoms with van der Waals surface area (Å²) in [5, 5.41) is 8.17. The number of aryl methyl sites for hydroxylation is 2. The van der Waals surface area contributed by atoms with Crippen LogP contribution < -0.4 is 5.32 Å². The van der Waals surface area contributed by atoms with Gasteiger partial charge in [0.1, 0.15) is 16.9 Å². The van der Waals surface area contributed by atoms with Crippen LogP contribution in [0.3, 0.4) is 0 Å². The monoisotopic (exact) mass is 406 g/mol. The predicted molar refractivity (Wildman–Crippen MR) is 112 cm³/mol. The second-order valence-corrected chi connectivity index (χ2v) is 8.01. The van der Waals surface area contributed by atoms with E-state index in [0.717, 1.165) is 33.2 Å². The molecule has 5 rings (SSSR count). The summed E-state index contributed by atoms with van der Waals surface area (Å²) in [6, 6.07) is 13.2. The second kappa shape index (κ2) is 6.47. The molecule has 2 aromatic carbocycles. The number of carbonyl (C=O) groups excluding carboxylic acids is 1. The quantitative estimate of drug-likeness (QED) is 0.481. The van der Waals surface area contributed by atoms with Crippen molar-refractivity contribution in [2.24, 2.45) is 0 Å². The molecule has 0 saturated heterocycles. The number of hydrogen-bond acceptors (Lipinski definition) is 7. The van der Waals surface area contributed by atoms with Crippen LogP contribution in [0.25, 0.3) is 26.4 Å². The molecule has 5 aromatic rings. The Hall–Kier alpha value is -3.17. The Bertz CT molecular complexity index is 1350. The third-order valence-corrected chi connectivity index (χ3v) is 5.85. The van der Waals surface area contributed by atoms with Crippen LogP contribution in [0.1, 0.15) is 21.6 Å². The van der Waals surface area contributed by atoms with Crippen molar-refractivity contribution in [3.05, 3.63) is 59.3 Å². The van der Waals surface area contributed by atoms with Crippen molar-refractivity contribution < 1.29 is 4.79 Å². The zero-order valence-electron chi connectivity index (χ0n) is 15.0. The van der Waals surface area contributed by atoms with Crippen molar-refractivity contribution in [1.29, 1.82) is 0 Å². The van der Waals surface area contributed by atoms with Crippen LogP contribution >= 0.6 is 23.1 Å². The first-order chi connectivity index (χ1) is 13.6. The summed E-state index contributed by atoms with van der Waals surface area (Å²) in [6.07, 6.45) is 0. The van der Waals surface area contributed by atoms with Crippen LogP contribution in [0.15, 0.2) is 42.5 Å². The molecule has 1 amide bonds. The maximum Gasteiger partial charge on any atom is 0.256 e. The van der Waals surface area contributed by atoms with E-state index in [1.807, 2.05) is 25.1 Å². The summed E-state index contributed by atoms with van der Waals surface area (Å²) in [4.78, 5) is 17.4. The molecule has 0 radical (unpaired) electrons. The first-order valence-electron chi connectivity index (χ1n) is 8.55. The lowest BCUT2D eigenvalue weighted by Gasteiger charge is -2.06. The van der Waals surface area contributed by atoms with Gasteiger partial charge >= 0.3 is 0 Å². The van der Waals surface area contributed by atoms with Crippen molar-refractivity contribution >= 4 is 56.0 Å². The van der Waals surface area contributed by atoms with Gasteiger partial charge in [-0.25, -0.2) is 4.98 Å². The minimum atomic E-state index is -0.229. The standard InChI is InChI=1S/C19H14N6OS2/c1-10-3-5-14-16(7-10)27-19(20-14)25-17(8-11(2)22-25)21-18(26)12-4-6-13-15(9-12)24-28-23-13/h3-9H,1-2H3,(H,21,26). The summed E-state index contributed by atoms with van der Waals surface area (Å²) in [5.74, 6) is 0.350. The molecule has 9 heteroatoms. The lowest BCUT2D eigenvalue weighted by Crippen LogP contribution is -2.15. The number of benzene rings is 2. The molecule has 0 bridgehead atoms. The van der Waals surface area contributed by atoms with Gasteiger partial charge < -0.3 is 5.32 Å². The number of nitrogens with zero attached hydrogens (tertiary/aromatic N) is 5. The highest BCUT2D eigenvalue weighted by molar-refractivity contribution is 7.20. The average molecular weight is 406 g/mol. The zero-order chi connectivity index (χ0) is 19.3. The van der Waals surface area contributed by atoms with E-state index in [4.69, 9.17) is 0 Å². The van der Waals surface area contributed by atoms with E-state index in [9.17, 15) is 4.79 Å². The zero-order valence-corrected chi connectivity index (χ0v) is 16.6. The molecule has 0 aliphatic rings. The first kappa shape index (κ1) is 17.0. The number of hydrogen-bond donors (Lipinski definition) is 1. The molecule has 3 aromatic heterocycles. The van der Waals surface area contributed by atoms with Gasteiger partial charge in [0.05, 0.1) is 27.6 Å². The Morgan fingerprint density at radius 1 is 1.00 bits per heavy atom. The van der Waals surface area contributed by atoms with Gasteiger partial charge in [-0.1, -0.05) is 17.4 Å². The molecule has 0 aliphatic carbocycles. The summed E-state index contributed by atoms with van der Waals surface area (Å²) >= 11 is 2.67. The molecular formula is C19H14N6OS2. The minimum Gasteiger partial charge on any atom is -0.306 e. The fraction of sp³-hybridized carbons (Fsp3) is 0.105. The van der Waals surface area contributed by atoms with E-state index in [1.165, 1.54) is 16.9 Å². The molecule has 0 spiro atoms. The van der Waals surface area contributed by atoms with Crippen LogP contribution in [-0.2, 0) is 0 Å². The van der Waals surface area contributed by atoms with Gasteiger partial charge in [0.15, 0.2) is 0 Å². The Kier molecular flexibility index (Phi) is 3.92. The van der Waals surface area contributed by atoms with E-state index in [1.54, 1.807) is 22.9 Å². The van der Waals surface area contributed by atoms with Gasteiger partial charge in [-0.15, -0.1) is 0 Å². The molecule has 138 valence electrons. The molecule has 0 atom stereocenters. The summed E-state index contributed by atoms with van der Waals surface area (Å²) in [5.41, 5.74) is 4.91. The molecule has 1 N–H and O–H groups in total. The van der Waals surface area contributed by atoms with Crippen molar-refractivity contribution in [3.8, 4) is 5.13 Å². The average Bonchev–Trinajstić information content (AvgIpc) is 3.38. The highest BCUT2D eigenvalue weighted by atomic mass is 32.1. The lowest BCUT2D eigenvalue weighted by atomic mass is 10.2.